The highest BCUT2D eigenvalue weighted by Crippen LogP contribution is 2.35. The Morgan fingerprint density at radius 2 is 1.90 bits per heavy atom. The maximum Gasteiger partial charge on any atom is 0.220 e. The Bertz CT molecular complexity index is 600. The third kappa shape index (κ3) is 2.03. The van der Waals surface area contributed by atoms with Gasteiger partial charge in [-0.3, -0.25) is 4.90 Å². The summed E-state index contributed by atoms with van der Waals surface area (Å²) in [5, 5.41) is 0. The largest absolute Gasteiger partial charge is 0.369 e. The van der Waals surface area contributed by atoms with Gasteiger partial charge in [0.25, 0.3) is 0 Å². The summed E-state index contributed by atoms with van der Waals surface area (Å²) in [5.74, 6) is 0.662. The molecule has 0 bridgehead atoms. The lowest BCUT2D eigenvalue weighted by Gasteiger charge is -2.40. The SMILES string of the molecule is CC1(C)N=C(N)N=C(N)N1c1cccc2c1CCCC2. The van der Waals surface area contributed by atoms with Gasteiger partial charge in [0.1, 0.15) is 5.66 Å². The molecule has 0 radical (unpaired) electrons. The molecule has 4 N–H and O–H groups in total. The van der Waals surface area contributed by atoms with Crippen molar-refractivity contribution in [2.75, 3.05) is 4.90 Å². The molecule has 1 aliphatic carbocycles. The van der Waals surface area contributed by atoms with Crippen LogP contribution in [0.25, 0.3) is 0 Å². The monoisotopic (exact) mass is 271 g/mol. The van der Waals surface area contributed by atoms with E-state index in [4.69, 9.17) is 11.5 Å². The number of nitrogens with zero attached hydrogens (tertiary/aromatic N) is 3. The predicted octanol–water partition coefficient (Wildman–Crippen LogP) is 1.75. The van der Waals surface area contributed by atoms with Crippen LogP contribution >= 0.6 is 0 Å². The summed E-state index contributed by atoms with van der Waals surface area (Å²) in [7, 11) is 0. The summed E-state index contributed by atoms with van der Waals surface area (Å²) in [6.45, 7) is 4.01. The zero-order chi connectivity index (χ0) is 14.3. The molecule has 1 heterocycles. The predicted molar refractivity (Wildman–Crippen MR) is 82.9 cm³/mol. The molecule has 1 aromatic rings. The summed E-state index contributed by atoms with van der Waals surface area (Å²) in [6, 6.07) is 6.40. The second-order valence-corrected chi connectivity index (χ2v) is 5.89. The molecule has 0 amide bonds. The lowest BCUT2D eigenvalue weighted by Crippen LogP contribution is -2.54. The average Bonchev–Trinajstić information content (AvgIpc) is 2.36. The first-order valence-electron chi connectivity index (χ1n) is 7.09. The van der Waals surface area contributed by atoms with Crippen LogP contribution in [-0.4, -0.2) is 17.6 Å². The molecular formula is C15H21N5. The fourth-order valence-corrected chi connectivity index (χ4v) is 3.19. The van der Waals surface area contributed by atoms with Gasteiger partial charge in [-0.25, -0.2) is 4.99 Å². The number of aliphatic imine (C=N–C) groups is 2. The number of hydrogen-bond donors (Lipinski definition) is 2. The van der Waals surface area contributed by atoms with E-state index in [0.717, 1.165) is 18.5 Å². The number of anilines is 1. The van der Waals surface area contributed by atoms with Crippen LogP contribution in [0.4, 0.5) is 5.69 Å². The van der Waals surface area contributed by atoms with Gasteiger partial charge >= 0.3 is 0 Å². The Morgan fingerprint density at radius 3 is 2.65 bits per heavy atom. The van der Waals surface area contributed by atoms with Crippen LogP contribution in [0.3, 0.4) is 0 Å². The van der Waals surface area contributed by atoms with Crippen LogP contribution in [0.1, 0.15) is 37.8 Å². The number of rotatable bonds is 1. The molecule has 0 fully saturated rings. The molecule has 0 aromatic heterocycles. The summed E-state index contributed by atoms with van der Waals surface area (Å²) >= 11 is 0. The number of fused-ring (bicyclic) bond motifs is 1. The van der Waals surface area contributed by atoms with Gasteiger partial charge in [-0.05, 0) is 56.7 Å². The summed E-state index contributed by atoms with van der Waals surface area (Å²) in [6.07, 6.45) is 4.71. The Balaban J connectivity index is 2.12. The van der Waals surface area contributed by atoms with Crippen LogP contribution in [0, 0.1) is 0 Å². The summed E-state index contributed by atoms with van der Waals surface area (Å²) < 4.78 is 0. The van der Waals surface area contributed by atoms with E-state index in [1.807, 2.05) is 18.7 Å². The van der Waals surface area contributed by atoms with Crippen LogP contribution < -0.4 is 16.4 Å². The minimum Gasteiger partial charge on any atom is -0.369 e. The highest BCUT2D eigenvalue weighted by atomic mass is 15.4. The molecule has 5 nitrogen and oxygen atoms in total. The molecule has 1 aromatic carbocycles. The topological polar surface area (TPSA) is 80.0 Å². The van der Waals surface area contributed by atoms with Crippen molar-refractivity contribution in [1.29, 1.82) is 0 Å². The molecule has 0 saturated carbocycles. The van der Waals surface area contributed by atoms with Gasteiger partial charge < -0.3 is 11.5 Å². The number of aryl methyl sites for hydroxylation is 1. The molecule has 0 spiro atoms. The second kappa shape index (κ2) is 4.51. The zero-order valence-electron chi connectivity index (χ0n) is 12.1. The van der Waals surface area contributed by atoms with Gasteiger partial charge in [0, 0.05) is 5.69 Å². The third-order valence-electron chi connectivity index (χ3n) is 4.01. The molecule has 5 heteroatoms. The van der Waals surface area contributed by atoms with E-state index in [1.165, 1.54) is 24.0 Å². The van der Waals surface area contributed by atoms with Crippen molar-refractivity contribution in [3.63, 3.8) is 0 Å². The van der Waals surface area contributed by atoms with Crippen LogP contribution in [0.2, 0.25) is 0 Å². The Labute approximate surface area is 119 Å². The standard InChI is InChI=1S/C15H21N5/c1-15(2)19-13(16)18-14(17)20(15)12-9-5-7-10-6-3-4-8-11(10)12/h5,7,9H,3-4,6,8H2,1-2H3,(H4,16,17,18,19). The molecule has 3 rings (SSSR count). The maximum absolute atomic E-state index is 6.13. The number of benzene rings is 1. The van der Waals surface area contributed by atoms with E-state index in [9.17, 15) is 0 Å². The first-order chi connectivity index (χ1) is 9.49. The summed E-state index contributed by atoms with van der Waals surface area (Å²) in [4.78, 5) is 10.6. The smallest absolute Gasteiger partial charge is 0.220 e. The molecule has 2 aliphatic rings. The Hall–Kier alpha value is -2.04. The lowest BCUT2D eigenvalue weighted by molar-refractivity contribution is 0.530. The second-order valence-electron chi connectivity index (χ2n) is 5.89. The lowest BCUT2D eigenvalue weighted by atomic mass is 9.89. The van der Waals surface area contributed by atoms with E-state index in [-0.39, 0.29) is 5.96 Å². The van der Waals surface area contributed by atoms with Gasteiger partial charge in [0.05, 0.1) is 0 Å². The molecule has 0 saturated heterocycles. The number of nitrogens with two attached hydrogens (primary N) is 2. The molecule has 106 valence electrons. The quantitative estimate of drug-likeness (QED) is 0.816. The van der Waals surface area contributed by atoms with Gasteiger partial charge in [0.15, 0.2) is 0 Å². The number of hydrogen-bond acceptors (Lipinski definition) is 5. The van der Waals surface area contributed by atoms with Crippen molar-refractivity contribution in [3.8, 4) is 0 Å². The van der Waals surface area contributed by atoms with Crippen LogP contribution in [0.15, 0.2) is 28.2 Å². The minimum atomic E-state index is -0.511. The third-order valence-corrected chi connectivity index (χ3v) is 4.01. The highest BCUT2D eigenvalue weighted by Gasteiger charge is 2.34. The first kappa shape index (κ1) is 13.0. The summed E-state index contributed by atoms with van der Waals surface area (Å²) in [5.41, 5.74) is 15.3. The van der Waals surface area contributed by atoms with E-state index in [2.05, 4.69) is 28.2 Å². The average molecular weight is 271 g/mol. The fourth-order valence-electron chi connectivity index (χ4n) is 3.19. The minimum absolute atomic E-state index is 0.244. The molecule has 0 unspecified atom stereocenters. The van der Waals surface area contributed by atoms with Crippen molar-refractivity contribution in [1.82, 2.24) is 0 Å². The van der Waals surface area contributed by atoms with Crippen LogP contribution in [0.5, 0.6) is 0 Å². The molecule has 0 atom stereocenters. The normalized spacial score (nSPS) is 21.0. The zero-order valence-corrected chi connectivity index (χ0v) is 12.1. The van der Waals surface area contributed by atoms with E-state index >= 15 is 0 Å². The van der Waals surface area contributed by atoms with Crippen molar-refractivity contribution < 1.29 is 0 Å². The van der Waals surface area contributed by atoms with E-state index < -0.39 is 5.66 Å². The van der Waals surface area contributed by atoms with Crippen molar-refractivity contribution in [3.05, 3.63) is 29.3 Å². The molecule has 20 heavy (non-hydrogen) atoms. The Kier molecular flexibility index (Phi) is 2.92. The van der Waals surface area contributed by atoms with Crippen molar-refractivity contribution in [2.45, 2.75) is 45.2 Å². The number of guanidine groups is 2. The fraction of sp³-hybridized carbons (Fsp3) is 0.467. The maximum atomic E-state index is 6.13. The molecular weight excluding hydrogens is 250 g/mol. The van der Waals surface area contributed by atoms with E-state index in [0.29, 0.717) is 5.96 Å². The van der Waals surface area contributed by atoms with Gasteiger partial charge in [-0.2, -0.15) is 4.99 Å². The first-order valence-corrected chi connectivity index (χ1v) is 7.09. The highest BCUT2D eigenvalue weighted by molar-refractivity contribution is 6.05. The Morgan fingerprint density at radius 1 is 1.15 bits per heavy atom. The molecule has 1 aliphatic heterocycles. The van der Waals surface area contributed by atoms with Crippen LogP contribution in [-0.2, 0) is 12.8 Å². The van der Waals surface area contributed by atoms with E-state index in [1.54, 1.807) is 0 Å². The van der Waals surface area contributed by atoms with Crippen molar-refractivity contribution >= 4 is 17.6 Å². The van der Waals surface area contributed by atoms with Gasteiger partial charge in [-0.1, -0.05) is 12.1 Å². The van der Waals surface area contributed by atoms with Crippen molar-refractivity contribution in [2.24, 2.45) is 21.5 Å². The van der Waals surface area contributed by atoms with Gasteiger partial charge in [-0.15, -0.1) is 0 Å². The van der Waals surface area contributed by atoms with Gasteiger partial charge in [0.2, 0.25) is 11.9 Å².